The number of hydrogen-bond donors (Lipinski definition) is 0. The van der Waals surface area contributed by atoms with Gasteiger partial charge in [0.1, 0.15) is 6.04 Å². The van der Waals surface area contributed by atoms with Gasteiger partial charge in [-0.1, -0.05) is 0 Å². The second-order valence-electron chi connectivity index (χ2n) is 6.81. The van der Waals surface area contributed by atoms with E-state index in [4.69, 9.17) is 4.74 Å². The van der Waals surface area contributed by atoms with E-state index in [1.807, 2.05) is 6.92 Å². The topological polar surface area (TPSA) is 70.2 Å². The molecule has 0 bridgehead atoms. The highest BCUT2D eigenvalue weighted by Gasteiger charge is 2.45. The van der Waals surface area contributed by atoms with Crippen molar-refractivity contribution in [2.24, 2.45) is 5.92 Å². The summed E-state index contributed by atoms with van der Waals surface area (Å²) in [5.41, 5.74) is 0. The SMILES string of the molecule is C[C@@H](C1CC1)N(C)S(=O)(=O)N1CCC[C@H]1C(=O)N1CCOCC1. The van der Waals surface area contributed by atoms with Crippen molar-refractivity contribution in [2.45, 2.75) is 44.7 Å². The number of rotatable bonds is 5. The molecule has 0 aromatic rings. The highest BCUT2D eigenvalue weighted by Crippen LogP contribution is 2.36. The number of ether oxygens (including phenoxy) is 1. The predicted molar refractivity (Wildman–Crippen MR) is 86.0 cm³/mol. The molecule has 2 aliphatic heterocycles. The van der Waals surface area contributed by atoms with Crippen LogP contribution >= 0.6 is 0 Å². The molecule has 2 saturated heterocycles. The Kier molecular flexibility index (Phi) is 4.96. The summed E-state index contributed by atoms with van der Waals surface area (Å²) in [6.07, 6.45) is 3.54. The molecular weight excluding hydrogens is 318 g/mol. The Hall–Kier alpha value is -0.700. The van der Waals surface area contributed by atoms with Crippen molar-refractivity contribution in [3.63, 3.8) is 0 Å². The summed E-state index contributed by atoms with van der Waals surface area (Å²) in [4.78, 5) is 14.5. The molecule has 0 spiro atoms. The van der Waals surface area contributed by atoms with Gasteiger partial charge in [-0.2, -0.15) is 17.0 Å². The Morgan fingerprint density at radius 1 is 1.17 bits per heavy atom. The first kappa shape index (κ1) is 17.1. The van der Waals surface area contributed by atoms with Crippen LogP contribution in [0.25, 0.3) is 0 Å². The lowest BCUT2D eigenvalue weighted by atomic mass is 10.2. The highest BCUT2D eigenvalue weighted by molar-refractivity contribution is 7.86. The standard InChI is InChI=1S/C15H27N3O4S/c1-12(13-5-6-13)16(2)23(20,21)18-7-3-4-14(18)15(19)17-8-10-22-11-9-17/h12-14H,3-11H2,1-2H3/t12-,14-/m0/s1. The molecule has 23 heavy (non-hydrogen) atoms. The van der Waals surface area contributed by atoms with Crippen LogP contribution in [0.2, 0.25) is 0 Å². The molecule has 1 amide bonds. The number of hydrogen-bond acceptors (Lipinski definition) is 4. The second kappa shape index (κ2) is 6.66. The Morgan fingerprint density at radius 3 is 2.43 bits per heavy atom. The lowest BCUT2D eigenvalue weighted by molar-refractivity contribution is -0.138. The average molecular weight is 345 g/mol. The molecule has 2 atom stereocenters. The molecule has 1 aliphatic carbocycles. The van der Waals surface area contributed by atoms with Crippen LogP contribution in [0.15, 0.2) is 0 Å². The van der Waals surface area contributed by atoms with Gasteiger partial charge in [0.15, 0.2) is 0 Å². The van der Waals surface area contributed by atoms with Crippen LogP contribution in [0, 0.1) is 5.92 Å². The Bertz CT molecular complexity index is 543. The third kappa shape index (κ3) is 3.40. The molecule has 0 unspecified atom stereocenters. The quantitative estimate of drug-likeness (QED) is 0.718. The summed E-state index contributed by atoms with van der Waals surface area (Å²) in [7, 11) is -1.94. The van der Waals surface area contributed by atoms with E-state index in [1.165, 1.54) is 8.61 Å². The van der Waals surface area contributed by atoms with Crippen LogP contribution < -0.4 is 0 Å². The van der Waals surface area contributed by atoms with Crippen molar-refractivity contribution < 1.29 is 17.9 Å². The van der Waals surface area contributed by atoms with Crippen LogP contribution in [0.5, 0.6) is 0 Å². The Labute approximate surface area is 138 Å². The van der Waals surface area contributed by atoms with Crippen LogP contribution in [0.1, 0.15) is 32.6 Å². The van der Waals surface area contributed by atoms with Crippen LogP contribution in [-0.2, 0) is 19.7 Å². The fourth-order valence-corrected chi connectivity index (χ4v) is 5.31. The molecule has 3 fully saturated rings. The minimum absolute atomic E-state index is 0.000242. The maximum absolute atomic E-state index is 13.0. The van der Waals surface area contributed by atoms with E-state index in [0.29, 0.717) is 45.2 Å². The van der Waals surface area contributed by atoms with Gasteiger partial charge in [-0.05, 0) is 38.5 Å². The van der Waals surface area contributed by atoms with Crippen LogP contribution in [0.3, 0.4) is 0 Å². The van der Waals surface area contributed by atoms with Gasteiger partial charge in [0.05, 0.1) is 13.2 Å². The van der Waals surface area contributed by atoms with Gasteiger partial charge in [-0.3, -0.25) is 4.79 Å². The normalized spacial score (nSPS) is 28.3. The molecule has 1 saturated carbocycles. The molecule has 0 aromatic heterocycles. The summed E-state index contributed by atoms with van der Waals surface area (Å²) in [6, 6.07) is -0.549. The molecule has 7 nitrogen and oxygen atoms in total. The highest BCUT2D eigenvalue weighted by atomic mass is 32.2. The van der Waals surface area contributed by atoms with Crippen molar-refractivity contribution in [1.29, 1.82) is 0 Å². The number of carbonyl (C=O) groups excluding carboxylic acids is 1. The van der Waals surface area contributed by atoms with E-state index in [9.17, 15) is 13.2 Å². The molecule has 0 radical (unpaired) electrons. The summed E-state index contributed by atoms with van der Waals surface area (Å²) >= 11 is 0. The summed E-state index contributed by atoms with van der Waals surface area (Å²) in [5.74, 6) is 0.396. The molecule has 132 valence electrons. The molecule has 3 aliphatic rings. The number of carbonyl (C=O) groups is 1. The van der Waals surface area contributed by atoms with E-state index in [-0.39, 0.29) is 11.9 Å². The fourth-order valence-electron chi connectivity index (χ4n) is 3.51. The van der Waals surface area contributed by atoms with Crippen molar-refractivity contribution in [2.75, 3.05) is 39.9 Å². The zero-order valence-corrected chi connectivity index (χ0v) is 14.8. The zero-order chi connectivity index (χ0) is 16.6. The van der Waals surface area contributed by atoms with E-state index in [1.54, 1.807) is 11.9 Å². The summed E-state index contributed by atoms with van der Waals surface area (Å²) in [5, 5.41) is 0. The van der Waals surface area contributed by atoms with E-state index in [0.717, 1.165) is 19.3 Å². The molecule has 8 heteroatoms. The largest absolute Gasteiger partial charge is 0.378 e. The Balaban J connectivity index is 1.73. The van der Waals surface area contributed by atoms with Crippen molar-refractivity contribution in [3.05, 3.63) is 0 Å². The van der Waals surface area contributed by atoms with Gasteiger partial charge < -0.3 is 9.64 Å². The first-order chi connectivity index (χ1) is 10.9. The van der Waals surface area contributed by atoms with Gasteiger partial charge in [0.25, 0.3) is 10.2 Å². The smallest absolute Gasteiger partial charge is 0.282 e. The molecule has 0 aromatic carbocycles. The Morgan fingerprint density at radius 2 is 1.83 bits per heavy atom. The summed E-state index contributed by atoms with van der Waals surface area (Å²) < 4.78 is 34.1. The van der Waals surface area contributed by atoms with E-state index >= 15 is 0 Å². The minimum Gasteiger partial charge on any atom is -0.378 e. The van der Waals surface area contributed by atoms with Gasteiger partial charge in [0.2, 0.25) is 5.91 Å². The first-order valence-electron chi connectivity index (χ1n) is 8.54. The molecule has 3 rings (SSSR count). The van der Waals surface area contributed by atoms with Crippen molar-refractivity contribution in [1.82, 2.24) is 13.5 Å². The second-order valence-corrected chi connectivity index (χ2v) is 8.75. The van der Waals surface area contributed by atoms with Crippen molar-refractivity contribution in [3.8, 4) is 0 Å². The number of amides is 1. The van der Waals surface area contributed by atoms with Crippen LogP contribution in [-0.4, -0.2) is 79.8 Å². The van der Waals surface area contributed by atoms with Gasteiger partial charge in [-0.25, -0.2) is 0 Å². The maximum Gasteiger partial charge on any atom is 0.282 e. The first-order valence-corrected chi connectivity index (χ1v) is 9.94. The average Bonchev–Trinajstić information content (AvgIpc) is 3.29. The monoisotopic (exact) mass is 345 g/mol. The lowest BCUT2D eigenvalue weighted by Gasteiger charge is -2.35. The van der Waals surface area contributed by atoms with Gasteiger partial charge in [-0.15, -0.1) is 0 Å². The fraction of sp³-hybridized carbons (Fsp3) is 0.933. The van der Waals surface area contributed by atoms with Gasteiger partial charge >= 0.3 is 0 Å². The van der Waals surface area contributed by atoms with E-state index in [2.05, 4.69) is 0 Å². The zero-order valence-electron chi connectivity index (χ0n) is 14.0. The van der Waals surface area contributed by atoms with Crippen molar-refractivity contribution >= 4 is 16.1 Å². The number of morpholine rings is 1. The third-order valence-electron chi connectivity index (χ3n) is 5.35. The maximum atomic E-state index is 13.0. The minimum atomic E-state index is -3.59. The van der Waals surface area contributed by atoms with Gasteiger partial charge in [0, 0.05) is 32.7 Å². The van der Waals surface area contributed by atoms with E-state index < -0.39 is 16.3 Å². The summed E-state index contributed by atoms with van der Waals surface area (Å²) in [6.45, 7) is 4.57. The lowest BCUT2D eigenvalue weighted by Crippen LogP contribution is -2.54. The third-order valence-corrected chi connectivity index (χ3v) is 7.44. The molecular formula is C15H27N3O4S. The van der Waals surface area contributed by atoms with Crippen LogP contribution in [0.4, 0.5) is 0 Å². The predicted octanol–water partition coefficient (Wildman–Crippen LogP) is 0.285. The molecule has 0 N–H and O–H groups in total. The molecule has 2 heterocycles. The number of nitrogens with zero attached hydrogens (tertiary/aromatic N) is 3.